The average molecular weight is 274 g/mol. The fraction of sp³-hybridized carbons (Fsp3) is 0.438. The van der Waals surface area contributed by atoms with Gasteiger partial charge in [0.15, 0.2) is 0 Å². The molecule has 0 saturated carbocycles. The molecule has 0 fully saturated rings. The van der Waals surface area contributed by atoms with Gasteiger partial charge in [0, 0.05) is 18.7 Å². The van der Waals surface area contributed by atoms with Crippen LogP contribution in [0.2, 0.25) is 0 Å². The number of nitrogens with zero attached hydrogens (tertiary/aromatic N) is 1. The van der Waals surface area contributed by atoms with Gasteiger partial charge in [-0.25, -0.2) is 0 Å². The molecule has 0 spiro atoms. The Labute approximate surface area is 120 Å². The number of fused-ring (bicyclic) bond motifs is 1. The molecule has 0 aromatic heterocycles. The van der Waals surface area contributed by atoms with Crippen LogP contribution in [0.5, 0.6) is 5.75 Å². The Bertz CT molecular complexity index is 509. The highest BCUT2D eigenvalue weighted by atomic mass is 16.5. The van der Waals surface area contributed by atoms with E-state index < -0.39 is 0 Å². The van der Waals surface area contributed by atoms with Gasteiger partial charge in [0.05, 0.1) is 7.11 Å². The van der Waals surface area contributed by atoms with E-state index in [-0.39, 0.29) is 11.9 Å². The van der Waals surface area contributed by atoms with Crippen molar-refractivity contribution < 1.29 is 9.53 Å². The van der Waals surface area contributed by atoms with Crippen molar-refractivity contribution in [2.24, 2.45) is 0 Å². The van der Waals surface area contributed by atoms with Gasteiger partial charge in [-0.05, 0) is 44.1 Å². The number of likely N-dealkylation sites (N-methyl/N-ethyl adjacent to an activating group) is 1. The van der Waals surface area contributed by atoms with Gasteiger partial charge in [0.2, 0.25) is 5.91 Å². The number of nitrogens with one attached hydrogen (secondary N) is 1. The van der Waals surface area contributed by atoms with Gasteiger partial charge < -0.3 is 15.0 Å². The van der Waals surface area contributed by atoms with Crippen LogP contribution in [0.3, 0.4) is 0 Å². The van der Waals surface area contributed by atoms with Crippen LogP contribution >= 0.6 is 0 Å². The zero-order valence-corrected chi connectivity index (χ0v) is 12.3. The standard InChI is InChI=1S/C16H22N2O2/c1-18(2)9-5-8-16(19)17-13-10-12-6-4-7-15(20-3)14(12)11-13/h4-8,13H,9-11H2,1-3H3,(H,17,19)/b8-5+. The van der Waals surface area contributed by atoms with Gasteiger partial charge in [-0.2, -0.15) is 0 Å². The van der Waals surface area contributed by atoms with Crippen molar-refractivity contribution in [3.05, 3.63) is 41.5 Å². The summed E-state index contributed by atoms with van der Waals surface area (Å²) >= 11 is 0. The molecule has 1 aromatic rings. The van der Waals surface area contributed by atoms with Gasteiger partial charge >= 0.3 is 0 Å². The fourth-order valence-corrected chi connectivity index (χ4v) is 2.53. The van der Waals surface area contributed by atoms with Gasteiger partial charge in [-0.3, -0.25) is 4.79 Å². The minimum absolute atomic E-state index is 0.0244. The number of carbonyl (C=O) groups is 1. The number of amides is 1. The largest absolute Gasteiger partial charge is 0.496 e. The van der Waals surface area contributed by atoms with Crippen LogP contribution in [0.4, 0.5) is 0 Å². The molecule has 108 valence electrons. The Balaban J connectivity index is 1.91. The first-order valence-electron chi connectivity index (χ1n) is 6.86. The summed E-state index contributed by atoms with van der Waals surface area (Å²) in [5, 5.41) is 3.05. The number of benzene rings is 1. The predicted molar refractivity (Wildman–Crippen MR) is 80.0 cm³/mol. The normalized spacial score (nSPS) is 17.5. The molecule has 4 nitrogen and oxygen atoms in total. The average Bonchev–Trinajstić information content (AvgIpc) is 2.80. The van der Waals surface area contributed by atoms with E-state index in [2.05, 4.69) is 11.4 Å². The molecule has 4 heteroatoms. The summed E-state index contributed by atoms with van der Waals surface area (Å²) in [5.41, 5.74) is 2.49. The van der Waals surface area contributed by atoms with Crippen molar-refractivity contribution in [3.63, 3.8) is 0 Å². The maximum atomic E-state index is 11.8. The van der Waals surface area contributed by atoms with Gasteiger partial charge in [0.1, 0.15) is 5.75 Å². The van der Waals surface area contributed by atoms with Crippen molar-refractivity contribution >= 4 is 5.91 Å². The fourth-order valence-electron chi connectivity index (χ4n) is 2.53. The van der Waals surface area contributed by atoms with Crippen LogP contribution in [0.25, 0.3) is 0 Å². The summed E-state index contributed by atoms with van der Waals surface area (Å²) in [5.74, 6) is 0.894. The van der Waals surface area contributed by atoms with E-state index in [0.29, 0.717) is 0 Å². The minimum Gasteiger partial charge on any atom is -0.496 e. The van der Waals surface area contributed by atoms with E-state index in [9.17, 15) is 4.79 Å². The molecule has 1 amide bonds. The predicted octanol–water partition coefficient (Wildman–Crippen LogP) is 1.40. The van der Waals surface area contributed by atoms with Crippen molar-refractivity contribution in [3.8, 4) is 5.75 Å². The molecule has 1 unspecified atom stereocenters. The Morgan fingerprint density at radius 3 is 2.95 bits per heavy atom. The topological polar surface area (TPSA) is 41.6 Å². The van der Waals surface area contributed by atoms with Crippen molar-refractivity contribution in [2.45, 2.75) is 18.9 Å². The Morgan fingerprint density at radius 1 is 1.45 bits per heavy atom. The highest BCUT2D eigenvalue weighted by Crippen LogP contribution is 2.30. The molecule has 20 heavy (non-hydrogen) atoms. The van der Waals surface area contributed by atoms with Crippen LogP contribution in [-0.2, 0) is 17.6 Å². The Kier molecular flexibility index (Phi) is 4.79. The quantitative estimate of drug-likeness (QED) is 0.825. The third-order valence-corrected chi connectivity index (χ3v) is 3.45. The maximum Gasteiger partial charge on any atom is 0.243 e. The summed E-state index contributed by atoms with van der Waals surface area (Å²) in [6, 6.07) is 6.24. The first kappa shape index (κ1) is 14.6. The molecule has 0 heterocycles. The number of ether oxygens (including phenoxy) is 1. The summed E-state index contributed by atoms with van der Waals surface area (Å²) in [6.45, 7) is 0.770. The molecule has 1 atom stereocenters. The SMILES string of the molecule is COc1cccc2c1CC(NC(=O)/C=C/CN(C)C)C2. The number of carbonyl (C=O) groups excluding carboxylic acids is 1. The second kappa shape index (κ2) is 6.57. The van der Waals surface area contributed by atoms with Crippen LogP contribution < -0.4 is 10.1 Å². The molecule has 1 aromatic carbocycles. The van der Waals surface area contributed by atoms with E-state index >= 15 is 0 Å². The van der Waals surface area contributed by atoms with Crippen LogP contribution in [0.15, 0.2) is 30.4 Å². The molecule has 0 radical (unpaired) electrons. The lowest BCUT2D eigenvalue weighted by Gasteiger charge is -2.10. The van der Waals surface area contributed by atoms with Crippen LogP contribution in [0, 0.1) is 0 Å². The maximum absolute atomic E-state index is 11.8. The third kappa shape index (κ3) is 3.61. The van der Waals surface area contributed by atoms with Crippen LogP contribution in [0.1, 0.15) is 11.1 Å². The minimum atomic E-state index is -0.0244. The molecule has 0 saturated heterocycles. The molecular weight excluding hydrogens is 252 g/mol. The number of rotatable bonds is 5. The van der Waals surface area contributed by atoms with E-state index in [1.165, 1.54) is 11.1 Å². The van der Waals surface area contributed by atoms with Crippen LogP contribution in [-0.4, -0.2) is 44.6 Å². The molecule has 0 bridgehead atoms. The summed E-state index contributed by atoms with van der Waals surface area (Å²) in [4.78, 5) is 13.9. The second-order valence-corrected chi connectivity index (χ2v) is 5.38. The lowest BCUT2D eigenvalue weighted by molar-refractivity contribution is -0.117. The smallest absolute Gasteiger partial charge is 0.243 e. The van der Waals surface area contributed by atoms with E-state index in [1.807, 2.05) is 37.2 Å². The molecule has 0 aliphatic heterocycles. The first-order chi connectivity index (χ1) is 9.60. The zero-order valence-electron chi connectivity index (χ0n) is 12.3. The number of hydrogen-bond acceptors (Lipinski definition) is 3. The molecule has 2 rings (SSSR count). The van der Waals surface area contributed by atoms with Crippen molar-refractivity contribution in [1.29, 1.82) is 0 Å². The molecule has 1 N–H and O–H groups in total. The zero-order chi connectivity index (χ0) is 14.5. The Hall–Kier alpha value is -1.81. The molecular formula is C16H22N2O2. The highest BCUT2D eigenvalue weighted by Gasteiger charge is 2.24. The summed E-state index contributed by atoms with van der Waals surface area (Å²) < 4.78 is 5.37. The summed E-state index contributed by atoms with van der Waals surface area (Å²) in [7, 11) is 5.63. The van der Waals surface area contributed by atoms with E-state index in [0.717, 1.165) is 25.1 Å². The first-order valence-corrected chi connectivity index (χ1v) is 6.86. The summed E-state index contributed by atoms with van der Waals surface area (Å²) in [6.07, 6.45) is 5.20. The molecule has 1 aliphatic carbocycles. The Morgan fingerprint density at radius 2 is 2.25 bits per heavy atom. The lowest BCUT2D eigenvalue weighted by atomic mass is 10.1. The molecule has 1 aliphatic rings. The van der Waals surface area contributed by atoms with E-state index in [1.54, 1.807) is 13.2 Å². The van der Waals surface area contributed by atoms with Gasteiger partial charge in [0.25, 0.3) is 0 Å². The monoisotopic (exact) mass is 274 g/mol. The second-order valence-electron chi connectivity index (χ2n) is 5.38. The lowest BCUT2D eigenvalue weighted by Crippen LogP contribution is -2.34. The van der Waals surface area contributed by atoms with Crippen molar-refractivity contribution in [1.82, 2.24) is 10.2 Å². The highest BCUT2D eigenvalue weighted by molar-refractivity contribution is 5.87. The van der Waals surface area contributed by atoms with Gasteiger partial charge in [-0.1, -0.05) is 18.2 Å². The van der Waals surface area contributed by atoms with Gasteiger partial charge in [-0.15, -0.1) is 0 Å². The number of methoxy groups -OCH3 is 1. The third-order valence-electron chi connectivity index (χ3n) is 3.45. The van der Waals surface area contributed by atoms with E-state index in [4.69, 9.17) is 4.74 Å². The number of hydrogen-bond donors (Lipinski definition) is 1. The van der Waals surface area contributed by atoms with Crippen molar-refractivity contribution in [2.75, 3.05) is 27.7 Å².